The molecule has 0 amide bonds. The zero-order chi connectivity index (χ0) is 20.5. The van der Waals surface area contributed by atoms with Gasteiger partial charge < -0.3 is 24.8 Å². The van der Waals surface area contributed by atoms with Crippen molar-refractivity contribution in [3.05, 3.63) is 0 Å². The maximum absolute atomic E-state index is 9.83. The molecule has 0 aromatic rings. The lowest BCUT2D eigenvalue weighted by atomic mass is 10.0. The maximum Gasteiger partial charge on any atom is 0.111 e. The molecule has 0 radical (unpaired) electrons. The van der Waals surface area contributed by atoms with Crippen LogP contribution >= 0.6 is 0 Å². The Morgan fingerprint density at radius 2 is 1.14 bits per heavy atom. The maximum atomic E-state index is 9.83. The van der Waals surface area contributed by atoms with Gasteiger partial charge in [0.1, 0.15) is 24.4 Å². The highest BCUT2D eigenvalue weighted by atomic mass is 16.6. The first-order valence-electron chi connectivity index (χ1n) is 11.9. The first-order valence-corrected chi connectivity index (χ1v) is 11.9. The lowest BCUT2D eigenvalue weighted by molar-refractivity contribution is -0.199. The van der Waals surface area contributed by atoms with Gasteiger partial charge in [-0.1, -0.05) is 96.8 Å². The molecule has 0 aromatic heterocycles. The van der Waals surface area contributed by atoms with E-state index in [0.717, 1.165) is 6.42 Å². The van der Waals surface area contributed by atoms with E-state index < -0.39 is 24.4 Å². The van der Waals surface area contributed by atoms with E-state index in [1.807, 2.05) is 0 Å². The van der Waals surface area contributed by atoms with Crippen LogP contribution in [-0.2, 0) is 9.47 Å². The van der Waals surface area contributed by atoms with E-state index in [1.54, 1.807) is 0 Å². The molecule has 1 heterocycles. The SMILES string of the molecule is CCCCCCCCCCCCCCCCCOC[C@H]1OC[C@H](O)[C@@H](O)[C@@H]1O. The highest BCUT2D eigenvalue weighted by Gasteiger charge is 2.37. The van der Waals surface area contributed by atoms with Crippen LogP contribution in [0.2, 0.25) is 0 Å². The fourth-order valence-corrected chi connectivity index (χ4v) is 3.79. The first-order chi connectivity index (χ1) is 13.7. The molecule has 1 aliphatic heterocycles. The van der Waals surface area contributed by atoms with Gasteiger partial charge in [0.25, 0.3) is 0 Å². The van der Waals surface area contributed by atoms with Crippen molar-refractivity contribution >= 4 is 0 Å². The second kappa shape index (κ2) is 17.6. The standard InChI is InChI=1S/C23H46O5/c1-2-3-4-5-6-7-8-9-10-11-12-13-14-15-16-17-27-19-21-23(26)22(25)20(24)18-28-21/h20-26H,2-19H2,1H3/t20-,21+,22+,23+/m0/s1. The van der Waals surface area contributed by atoms with E-state index in [1.165, 1.54) is 89.9 Å². The normalized spacial score (nSPS) is 25.3. The summed E-state index contributed by atoms with van der Waals surface area (Å²) in [6, 6.07) is 0. The second-order valence-electron chi connectivity index (χ2n) is 8.44. The Balaban J connectivity index is 1.77. The summed E-state index contributed by atoms with van der Waals surface area (Å²) in [5.41, 5.74) is 0. The van der Waals surface area contributed by atoms with Crippen LogP contribution in [0.5, 0.6) is 0 Å². The van der Waals surface area contributed by atoms with Gasteiger partial charge in [0.15, 0.2) is 0 Å². The molecule has 0 aromatic carbocycles. The smallest absolute Gasteiger partial charge is 0.111 e. The number of hydrogen-bond acceptors (Lipinski definition) is 5. The Bertz CT molecular complexity index is 339. The molecule has 0 spiro atoms. The zero-order valence-electron chi connectivity index (χ0n) is 18.2. The predicted octanol–water partition coefficient (Wildman–Crippen LogP) is 4.36. The summed E-state index contributed by atoms with van der Waals surface area (Å²) in [5, 5.41) is 28.9. The van der Waals surface area contributed by atoms with E-state index in [4.69, 9.17) is 9.47 Å². The molecule has 0 unspecified atom stereocenters. The highest BCUT2D eigenvalue weighted by molar-refractivity contribution is 4.86. The lowest BCUT2D eigenvalue weighted by Gasteiger charge is -2.35. The zero-order valence-corrected chi connectivity index (χ0v) is 18.2. The van der Waals surface area contributed by atoms with Gasteiger partial charge in [-0.3, -0.25) is 0 Å². The van der Waals surface area contributed by atoms with E-state index in [9.17, 15) is 15.3 Å². The van der Waals surface area contributed by atoms with E-state index in [2.05, 4.69) is 6.92 Å². The predicted molar refractivity (Wildman–Crippen MR) is 114 cm³/mol. The van der Waals surface area contributed by atoms with Gasteiger partial charge in [-0.15, -0.1) is 0 Å². The summed E-state index contributed by atoms with van der Waals surface area (Å²) in [7, 11) is 0. The molecule has 1 fully saturated rings. The van der Waals surface area contributed by atoms with Crippen molar-refractivity contribution in [3.63, 3.8) is 0 Å². The van der Waals surface area contributed by atoms with Gasteiger partial charge in [-0.2, -0.15) is 0 Å². The molecule has 0 bridgehead atoms. The Morgan fingerprint density at radius 3 is 1.64 bits per heavy atom. The summed E-state index contributed by atoms with van der Waals surface area (Å²) in [6.45, 7) is 3.24. The summed E-state index contributed by atoms with van der Waals surface area (Å²) >= 11 is 0. The van der Waals surface area contributed by atoms with Crippen molar-refractivity contribution in [1.29, 1.82) is 0 Å². The molecule has 28 heavy (non-hydrogen) atoms. The number of aliphatic hydroxyl groups excluding tert-OH is 3. The third kappa shape index (κ3) is 12.4. The molecular formula is C23H46O5. The molecule has 3 N–H and O–H groups in total. The molecular weight excluding hydrogens is 356 g/mol. The summed E-state index contributed by atoms with van der Waals surface area (Å²) in [4.78, 5) is 0. The molecule has 5 nitrogen and oxygen atoms in total. The van der Waals surface area contributed by atoms with Crippen LogP contribution in [-0.4, -0.2) is 59.6 Å². The van der Waals surface area contributed by atoms with Gasteiger partial charge in [-0.25, -0.2) is 0 Å². The van der Waals surface area contributed by atoms with Crippen molar-refractivity contribution in [2.24, 2.45) is 0 Å². The van der Waals surface area contributed by atoms with Crippen molar-refractivity contribution in [2.45, 2.75) is 128 Å². The van der Waals surface area contributed by atoms with Gasteiger partial charge in [0.05, 0.1) is 13.2 Å². The average molecular weight is 403 g/mol. The summed E-state index contributed by atoms with van der Waals surface area (Å²) < 4.78 is 10.9. The minimum Gasteiger partial charge on any atom is -0.388 e. The number of rotatable bonds is 18. The molecule has 1 saturated heterocycles. The monoisotopic (exact) mass is 402 g/mol. The number of hydrogen-bond donors (Lipinski definition) is 3. The molecule has 1 rings (SSSR count). The first kappa shape index (κ1) is 25.8. The Hall–Kier alpha value is -0.200. The second-order valence-corrected chi connectivity index (χ2v) is 8.44. The molecule has 5 heteroatoms. The van der Waals surface area contributed by atoms with Crippen LogP contribution < -0.4 is 0 Å². The summed E-state index contributed by atoms with van der Waals surface area (Å²) in [6.07, 6.45) is 16.3. The van der Waals surface area contributed by atoms with Crippen LogP contribution in [0.1, 0.15) is 103 Å². The highest BCUT2D eigenvalue weighted by Crippen LogP contribution is 2.16. The molecule has 1 aliphatic rings. The quantitative estimate of drug-likeness (QED) is 0.297. The van der Waals surface area contributed by atoms with Crippen LogP contribution in [0.3, 0.4) is 0 Å². The molecule has 168 valence electrons. The van der Waals surface area contributed by atoms with Crippen molar-refractivity contribution in [2.75, 3.05) is 19.8 Å². The minimum atomic E-state index is -1.15. The Morgan fingerprint density at radius 1 is 0.679 bits per heavy atom. The Kier molecular flexibility index (Phi) is 16.3. The van der Waals surface area contributed by atoms with Gasteiger partial charge in [-0.05, 0) is 6.42 Å². The number of unbranched alkanes of at least 4 members (excludes halogenated alkanes) is 14. The third-order valence-electron chi connectivity index (χ3n) is 5.78. The van der Waals surface area contributed by atoms with Crippen LogP contribution in [0.15, 0.2) is 0 Å². The van der Waals surface area contributed by atoms with Crippen molar-refractivity contribution in [3.8, 4) is 0 Å². The topological polar surface area (TPSA) is 79.2 Å². The fourth-order valence-electron chi connectivity index (χ4n) is 3.79. The third-order valence-corrected chi connectivity index (χ3v) is 5.78. The van der Waals surface area contributed by atoms with E-state index in [0.29, 0.717) is 6.61 Å². The van der Waals surface area contributed by atoms with Crippen LogP contribution in [0, 0.1) is 0 Å². The number of ether oxygens (including phenoxy) is 2. The Labute approximate surface area is 172 Å². The lowest BCUT2D eigenvalue weighted by Crippen LogP contribution is -2.54. The molecule has 0 aliphatic carbocycles. The van der Waals surface area contributed by atoms with Crippen molar-refractivity contribution < 1.29 is 24.8 Å². The van der Waals surface area contributed by atoms with E-state index >= 15 is 0 Å². The van der Waals surface area contributed by atoms with E-state index in [-0.39, 0.29) is 13.2 Å². The van der Waals surface area contributed by atoms with Crippen molar-refractivity contribution in [1.82, 2.24) is 0 Å². The fraction of sp³-hybridized carbons (Fsp3) is 1.00. The van der Waals surface area contributed by atoms with Crippen LogP contribution in [0.4, 0.5) is 0 Å². The number of aliphatic hydroxyl groups is 3. The van der Waals surface area contributed by atoms with Gasteiger partial charge in [0, 0.05) is 6.61 Å². The largest absolute Gasteiger partial charge is 0.388 e. The molecule has 4 atom stereocenters. The van der Waals surface area contributed by atoms with Crippen LogP contribution in [0.25, 0.3) is 0 Å². The van der Waals surface area contributed by atoms with Gasteiger partial charge >= 0.3 is 0 Å². The average Bonchev–Trinajstić information content (AvgIpc) is 2.70. The minimum absolute atomic E-state index is 0.0468. The van der Waals surface area contributed by atoms with Gasteiger partial charge in [0.2, 0.25) is 0 Å². The molecule has 0 saturated carbocycles. The summed E-state index contributed by atoms with van der Waals surface area (Å²) in [5.74, 6) is 0.